The van der Waals surface area contributed by atoms with Crippen LogP contribution in [0.2, 0.25) is 0 Å². The molecule has 0 aliphatic heterocycles. The highest BCUT2D eigenvalue weighted by Gasteiger charge is 2.25. The van der Waals surface area contributed by atoms with Crippen molar-refractivity contribution in [3.63, 3.8) is 0 Å². The second kappa shape index (κ2) is 5.71. The van der Waals surface area contributed by atoms with Gasteiger partial charge in [0.05, 0.1) is 15.8 Å². The normalized spacial score (nSPS) is 11.8. The third kappa shape index (κ3) is 3.00. The second-order valence-corrected chi connectivity index (χ2v) is 7.05. The quantitative estimate of drug-likeness (QED) is 0.745. The van der Waals surface area contributed by atoms with Crippen LogP contribution >= 0.6 is 0 Å². The van der Waals surface area contributed by atoms with Gasteiger partial charge in [0.2, 0.25) is 5.91 Å². The minimum atomic E-state index is -4.16. The van der Waals surface area contributed by atoms with Gasteiger partial charge in [-0.25, -0.2) is 17.2 Å². The average molecular weight is 359 g/mol. The van der Waals surface area contributed by atoms with Crippen molar-refractivity contribution in [2.24, 2.45) is 0 Å². The molecule has 0 aliphatic carbocycles. The number of hydrogen-bond acceptors (Lipinski definition) is 5. The van der Waals surface area contributed by atoms with Crippen LogP contribution < -0.4 is 5.32 Å². The molecule has 0 unspecified atom stereocenters. The van der Waals surface area contributed by atoms with E-state index in [1.807, 2.05) is 0 Å². The molecule has 1 amide bonds. The lowest BCUT2D eigenvalue weighted by atomic mass is 10.2. The zero-order chi connectivity index (χ0) is 17.5. The zero-order valence-corrected chi connectivity index (χ0v) is 13.1. The van der Waals surface area contributed by atoms with Crippen molar-refractivity contribution in [1.29, 1.82) is 0 Å². The van der Waals surface area contributed by atoms with Crippen LogP contribution in [-0.2, 0) is 14.6 Å². The highest BCUT2D eigenvalue weighted by atomic mass is 32.2. The Morgan fingerprint density at radius 1 is 1.38 bits per heavy atom. The van der Waals surface area contributed by atoms with Crippen LogP contribution in [0, 0.1) is 18.6 Å². The van der Waals surface area contributed by atoms with Crippen molar-refractivity contribution in [3.8, 4) is 0 Å². The summed E-state index contributed by atoms with van der Waals surface area (Å²) in [7, 11) is -4.16. The van der Waals surface area contributed by atoms with E-state index in [-0.39, 0.29) is 19.6 Å². The second-order valence-electron chi connectivity index (χ2n) is 5.09. The Balaban J connectivity index is 0.00000169. The molecule has 2 heterocycles. The third-order valence-electron chi connectivity index (χ3n) is 3.21. The number of aryl methyl sites for hydroxylation is 1. The molecule has 0 fully saturated rings. The number of halogens is 2. The number of carbonyl (C=O) groups is 1. The fourth-order valence-corrected chi connectivity index (χ4v) is 3.58. The summed E-state index contributed by atoms with van der Waals surface area (Å²) in [6.07, 6.45) is 1.02. The molecule has 0 atom stereocenters. The number of amides is 1. The Morgan fingerprint density at radius 2 is 2.12 bits per heavy atom. The van der Waals surface area contributed by atoms with E-state index >= 15 is 0 Å². The van der Waals surface area contributed by atoms with Gasteiger partial charge in [-0.2, -0.15) is 0 Å². The Bertz CT molecular complexity index is 1050. The number of carbonyl (C=O) groups excluding carboxylic acids is 1. The predicted molar refractivity (Wildman–Crippen MR) is 84.4 cm³/mol. The predicted octanol–water partition coefficient (Wildman–Crippen LogP) is 2.65. The topological polar surface area (TPSA) is 105 Å². The summed E-state index contributed by atoms with van der Waals surface area (Å²) in [6, 6.07) is 2.96. The summed E-state index contributed by atoms with van der Waals surface area (Å²) in [5.41, 5.74) is -0.0152. The van der Waals surface area contributed by atoms with Gasteiger partial charge in [0.15, 0.2) is 15.7 Å². The lowest BCUT2D eigenvalue weighted by Crippen LogP contribution is -2.23. The van der Waals surface area contributed by atoms with E-state index in [2.05, 4.69) is 15.5 Å². The maximum atomic E-state index is 13.9. The van der Waals surface area contributed by atoms with Gasteiger partial charge in [-0.05, 0) is 13.0 Å². The Labute approximate surface area is 137 Å². The third-order valence-corrected chi connectivity index (χ3v) is 4.85. The molecular formula is C14H15F2N3O4S. The first-order valence-corrected chi connectivity index (χ1v) is 8.33. The summed E-state index contributed by atoms with van der Waals surface area (Å²) in [4.78, 5) is 13.9. The summed E-state index contributed by atoms with van der Waals surface area (Å²) >= 11 is 0. The van der Waals surface area contributed by atoms with E-state index in [0.717, 1.165) is 12.3 Å². The first-order chi connectivity index (χ1) is 11.3. The van der Waals surface area contributed by atoms with Gasteiger partial charge < -0.3 is 14.8 Å². The number of aromatic amines is 1. The largest absolute Gasteiger partial charge is 0.360 e. The van der Waals surface area contributed by atoms with E-state index in [1.165, 1.54) is 6.07 Å². The van der Waals surface area contributed by atoms with Crippen LogP contribution in [0.1, 0.15) is 8.61 Å². The Morgan fingerprint density at radius 3 is 2.79 bits per heavy atom. The van der Waals surface area contributed by atoms with Crippen LogP contribution in [0.3, 0.4) is 0 Å². The van der Waals surface area contributed by atoms with E-state index < -0.39 is 38.0 Å². The molecule has 24 heavy (non-hydrogen) atoms. The Hall–Kier alpha value is -2.75. The number of nitrogens with zero attached hydrogens (tertiary/aromatic N) is 1. The minimum Gasteiger partial charge on any atom is -0.360 e. The number of H-pyrrole nitrogens is 1. The molecule has 2 aromatic heterocycles. The SMILES string of the molecule is Cc1cc(NC(=O)CS(=O)(=O)c2c[nH]c3cc(F)cc(F)c23)no1.[HH].[HH]. The van der Waals surface area contributed by atoms with Gasteiger partial charge in [-0.3, -0.25) is 4.79 Å². The van der Waals surface area contributed by atoms with Crippen LogP contribution in [0.4, 0.5) is 14.6 Å². The van der Waals surface area contributed by atoms with Gasteiger partial charge in [-0.15, -0.1) is 0 Å². The average Bonchev–Trinajstić information content (AvgIpc) is 3.04. The number of benzene rings is 1. The standard InChI is InChI=1S/C14H11F2N3O4S.2H2/c1-7-2-12(19-23-7)18-13(20)6-24(21,22)11-5-17-10-4-8(15)3-9(16)14(10)11;;/h2-5,17H,6H2,1H3,(H,18,19,20);2*1H. The Kier molecular flexibility index (Phi) is 3.84. The number of anilines is 1. The van der Waals surface area contributed by atoms with E-state index in [4.69, 9.17) is 4.52 Å². The van der Waals surface area contributed by atoms with E-state index in [0.29, 0.717) is 11.8 Å². The van der Waals surface area contributed by atoms with Gasteiger partial charge >= 0.3 is 0 Å². The van der Waals surface area contributed by atoms with E-state index in [1.54, 1.807) is 6.92 Å². The van der Waals surface area contributed by atoms with Crippen LogP contribution in [0.5, 0.6) is 0 Å². The molecule has 0 aliphatic rings. The highest BCUT2D eigenvalue weighted by molar-refractivity contribution is 7.92. The van der Waals surface area contributed by atoms with Gasteiger partial charge in [-0.1, -0.05) is 5.16 Å². The number of fused-ring (bicyclic) bond motifs is 1. The minimum absolute atomic E-state index is 0. The molecule has 3 aromatic rings. The summed E-state index contributed by atoms with van der Waals surface area (Å²) in [5, 5.41) is 5.49. The molecule has 3 rings (SSSR count). The highest BCUT2D eigenvalue weighted by Crippen LogP contribution is 2.27. The van der Waals surface area contributed by atoms with Gasteiger partial charge in [0.25, 0.3) is 0 Å². The molecule has 0 saturated heterocycles. The molecule has 0 spiro atoms. The monoisotopic (exact) mass is 359 g/mol. The van der Waals surface area contributed by atoms with Gasteiger partial charge in [0, 0.05) is 21.2 Å². The van der Waals surface area contributed by atoms with Crippen molar-refractivity contribution < 1.29 is 29.4 Å². The molecular weight excluding hydrogens is 344 g/mol. The van der Waals surface area contributed by atoms with E-state index in [9.17, 15) is 22.0 Å². The fourth-order valence-electron chi connectivity index (χ4n) is 2.25. The van der Waals surface area contributed by atoms with Crippen molar-refractivity contribution >= 4 is 32.5 Å². The molecule has 10 heteroatoms. The lowest BCUT2D eigenvalue weighted by molar-refractivity contribution is -0.113. The summed E-state index contributed by atoms with van der Waals surface area (Å²) in [5.74, 6) is -3.15. The fraction of sp³-hybridized carbons (Fsp3) is 0.143. The lowest BCUT2D eigenvalue weighted by Gasteiger charge is -2.04. The number of hydrogen-bond donors (Lipinski definition) is 2. The number of sulfone groups is 1. The maximum Gasteiger partial charge on any atom is 0.241 e. The zero-order valence-electron chi connectivity index (χ0n) is 12.3. The van der Waals surface area contributed by atoms with Crippen LogP contribution in [0.25, 0.3) is 10.9 Å². The first kappa shape index (κ1) is 16.1. The number of aromatic nitrogens is 2. The molecule has 1 aromatic carbocycles. The molecule has 0 bridgehead atoms. The molecule has 7 nitrogen and oxygen atoms in total. The first-order valence-electron chi connectivity index (χ1n) is 6.68. The smallest absolute Gasteiger partial charge is 0.241 e. The number of nitrogens with one attached hydrogen (secondary N) is 2. The summed E-state index contributed by atoms with van der Waals surface area (Å²) < 4.78 is 56.6. The van der Waals surface area contributed by atoms with Crippen molar-refractivity contribution in [3.05, 3.63) is 41.8 Å². The molecule has 0 radical (unpaired) electrons. The van der Waals surface area contributed by atoms with Gasteiger partial charge in [0.1, 0.15) is 23.1 Å². The van der Waals surface area contributed by atoms with Crippen LogP contribution in [-0.4, -0.2) is 30.2 Å². The van der Waals surface area contributed by atoms with Crippen molar-refractivity contribution in [2.45, 2.75) is 11.8 Å². The summed E-state index contributed by atoms with van der Waals surface area (Å²) in [6.45, 7) is 1.60. The molecule has 0 saturated carbocycles. The number of rotatable bonds is 4. The maximum absolute atomic E-state index is 13.9. The molecule has 130 valence electrons. The van der Waals surface area contributed by atoms with Crippen molar-refractivity contribution in [1.82, 2.24) is 10.1 Å². The van der Waals surface area contributed by atoms with Crippen molar-refractivity contribution in [2.75, 3.05) is 11.1 Å². The molecule has 2 N–H and O–H groups in total. The van der Waals surface area contributed by atoms with Crippen LogP contribution in [0.15, 0.2) is 33.8 Å².